The van der Waals surface area contributed by atoms with Crippen molar-refractivity contribution in [1.29, 1.82) is 0 Å². The maximum absolute atomic E-state index is 12.3. The number of carbonyl (C=O) groups is 2. The minimum absolute atomic E-state index is 0.0972. The molecule has 0 saturated carbocycles. The van der Waals surface area contributed by atoms with E-state index in [4.69, 9.17) is 11.6 Å². The van der Waals surface area contributed by atoms with Crippen LogP contribution in [0.3, 0.4) is 0 Å². The molecule has 6 nitrogen and oxygen atoms in total. The first-order valence-corrected chi connectivity index (χ1v) is 7.63. The lowest BCUT2D eigenvalue weighted by atomic mass is 10.1. The number of aromatic nitrogens is 2. The van der Waals surface area contributed by atoms with Crippen LogP contribution in [0.1, 0.15) is 39.1 Å². The Morgan fingerprint density at radius 3 is 2.52 bits per heavy atom. The normalized spacial score (nSPS) is 22.6. The molecule has 2 amide bonds. The minimum Gasteiger partial charge on any atom is -0.343 e. The number of carbonyl (C=O) groups excluding carboxylic acids is 2. The maximum atomic E-state index is 12.3. The Morgan fingerprint density at radius 2 is 1.95 bits per heavy atom. The molecular formula is C14H21ClN4O2. The van der Waals surface area contributed by atoms with Crippen molar-refractivity contribution in [2.24, 2.45) is 0 Å². The molecule has 1 aromatic rings. The second-order valence-corrected chi connectivity index (χ2v) is 5.63. The molecule has 1 N–H and O–H groups in total. The molecule has 2 heterocycles. The molecule has 21 heavy (non-hydrogen) atoms. The minimum atomic E-state index is -0.505. The standard InChI is InChI=1S/C14H21ClN4O2/c1-5-10-12(15)11(19(6-2)17-10)7-18-9(4)13(20)16-8(3)14(18)21/h8-9H,5-7H2,1-4H3,(H,16,20). The summed E-state index contributed by atoms with van der Waals surface area (Å²) in [6.07, 6.45) is 0.735. The Kier molecular flexibility index (Phi) is 4.56. The van der Waals surface area contributed by atoms with Gasteiger partial charge in [0.15, 0.2) is 0 Å². The van der Waals surface area contributed by atoms with E-state index >= 15 is 0 Å². The zero-order chi connectivity index (χ0) is 15.7. The fourth-order valence-corrected chi connectivity index (χ4v) is 2.85. The SMILES string of the molecule is CCc1nn(CC)c(CN2C(=O)C(C)NC(=O)C2C)c1Cl. The average molecular weight is 313 g/mol. The number of hydrogen-bond donors (Lipinski definition) is 1. The zero-order valence-corrected chi connectivity index (χ0v) is 13.6. The highest BCUT2D eigenvalue weighted by molar-refractivity contribution is 6.31. The van der Waals surface area contributed by atoms with Gasteiger partial charge in [0.2, 0.25) is 11.8 Å². The average Bonchev–Trinajstić information content (AvgIpc) is 2.77. The summed E-state index contributed by atoms with van der Waals surface area (Å²) in [5.41, 5.74) is 1.61. The van der Waals surface area contributed by atoms with Gasteiger partial charge in [0.05, 0.1) is 23.0 Å². The van der Waals surface area contributed by atoms with Gasteiger partial charge < -0.3 is 10.2 Å². The molecule has 0 spiro atoms. The van der Waals surface area contributed by atoms with Crippen LogP contribution in [-0.4, -0.2) is 38.6 Å². The van der Waals surface area contributed by atoms with Crippen molar-refractivity contribution >= 4 is 23.4 Å². The molecule has 2 unspecified atom stereocenters. The van der Waals surface area contributed by atoms with Crippen LogP contribution in [0.25, 0.3) is 0 Å². The van der Waals surface area contributed by atoms with E-state index in [0.717, 1.165) is 17.8 Å². The van der Waals surface area contributed by atoms with Crippen molar-refractivity contribution in [3.63, 3.8) is 0 Å². The van der Waals surface area contributed by atoms with E-state index in [-0.39, 0.29) is 11.8 Å². The van der Waals surface area contributed by atoms with Crippen molar-refractivity contribution in [2.75, 3.05) is 0 Å². The highest BCUT2D eigenvalue weighted by Gasteiger charge is 2.36. The van der Waals surface area contributed by atoms with Crippen LogP contribution >= 0.6 is 11.6 Å². The predicted octanol–water partition coefficient (Wildman–Crippen LogP) is 1.35. The molecule has 0 bridgehead atoms. The summed E-state index contributed by atoms with van der Waals surface area (Å²) >= 11 is 6.37. The Morgan fingerprint density at radius 1 is 1.29 bits per heavy atom. The van der Waals surface area contributed by atoms with Gasteiger partial charge >= 0.3 is 0 Å². The number of piperazine rings is 1. The molecule has 1 aliphatic heterocycles. The number of hydrogen-bond acceptors (Lipinski definition) is 3. The van der Waals surface area contributed by atoms with E-state index in [2.05, 4.69) is 10.4 Å². The first-order valence-electron chi connectivity index (χ1n) is 7.25. The molecule has 0 aliphatic carbocycles. The molecule has 1 saturated heterocycles. The van der Waals surface area contributed by atoms with E-state index < -0.39 is 12.1 Å². The molecular weight excluding hydrogens is 292 g/mol. The Labute approximate surface area is 129 Å². The molecule has 1 aromatic heterocycles. The first kappa shape index (κ1) is 15.8. The lowest BCUT2D eigenvalue weighted by Crippen LogP contribution is -2.61. The van der Waals surface area contributed by atoms with Crippen molar-refractivity contribution in [2.45, 2.75) is 59.3 Å². The third kappa shape index (κ3) is 2.77. The summed E-state index contributed by atoms with van der Waals surface area (Å²) in [6, 6.07) is -1.01. The van der Waals surface area contributed by atoms with Crippen molar-refractivity contribution < 1.29 is 9.59 Å². The van der Waals surface area contributed by atoms with Gasteiger partial charge in [0.25, 0.3) is 0 Å². The number of aryl methyl sites for hydroxylation is 2. The van der Waals surface area contributed by atoms with E-state index in [0.29, 0.717) is 18.1 Å². The van der Waals surface area contributed by atoms with Crippen LogP contribution in [0.4, 0.5) is 0 Å². The van der Waals surface area contributed by atoms with Gasteiger partial charge in [-0.2, -0.15) is 5.10 Å². The Hall–Kier alpha value is -1.56. The van der Waals surface area contributed by atoms with Gasteiger partial charge in [-0.05, 0) is 27.2 Å². The lowest BCUT2D eigenvalue weighted by molar-refractivity contribution is -0.148. The van der Waals surface area contributed by atoms with Crippen LogP contribution < -0.4 is 5.32 Å². The highest BCUT2D eigenvalue weighted by Crippen LogP contribution is 2.25. The predicted molar refractivity (Wildman–Crippen MR) is 79.9 cm³/mol. The number of rotatable bonds is 4. The summed E-state index contributed by atoms with van der Waals surface area (Å²) in [7, 11) is 0. The van der Waals surface area contributed by atoms with Crippen LogP contribution in [0.2, 0.25) is 5.02 Å². The van der Waals surface area contributed by atoms with E-state index in [9.17, 15) is 9.59 Å². The molecule has 0 radical (unpaired) electrons. The molecule has 116 valence electrons. The van der Waals surface area contributed by atoms with Crippen LogP contribution in [-0.2, 0) is 29.1 Å². The molecule has 0 aromatic carbocycles. The third-order valence-corrected chi connectivity index (χ3v) is 4.31. The summed E-state index contributed by atoms with van der Waals surface area (Å²) < 4.78 is 1.80. The second kappa shape index (κ2) is 6.05. The maximum Gasteiger partial charge on any atom is 0.245 e. The van der Waals surface area contributed by atoms with Crippen molar-refractivity contribution in [1.82, 2.24) is 20.0 Å². The zero-order valence-electron chi connectivity index (χ0n) is 12.8. The third-order valence-electron chi connectivity index (χ3n) is 3.87. The first-order chi connectivity index (χ1) is 9.90. The summed E-state index contributed by atoms with van der Waals surface area (Å²) in [6.45, 7) is 8.35. The van der Waals surface area contributed by atoms with Gasteiger partial charge in [-0.15, -0.1) is 0 Å². The van der Waals surface area contributed by atoms with Crippen LogP contribution in [0, 0.1) is 0 Å². The monoisotopic (exact) mass is 312 g/mol. The van der Waals surface area contributed by atoms with E-state index in [1.165, 1.54) is 0 Å². The molecule has 2 atom stereocenters. The number of amides is 2. The molecule has 7 heteroatoms. The number of halogens is 1. The lowest BCUT2D eigenvalue weighted by Gasteiger charge is -2.36. The van der Waals surface area contributed by atoms with Gasteiger partial charge in [-0.3, -0.25) is 14.3 Å². The summed E-state index contributed by atoms with van der Waals surface area (Å²) in [4.78, 5) is 25.8. The van der Waals surface area contributed by atoms with Crippen LogP contribution in [0.5, 0.6) is 0 Å². The topological polar surface area (TPSA) is 67.2 Å². The number of nitrogens with zero attached hydrogens (tertiary/aromatic N) is 3. The van der Waals surface area contributed by atoms with Gasteiger partial charge in [0.1, 0.15) is 12.1 Å². The highest BCUT2D eigenvalue weighted by atomic mass is 35.5. The molecule has 1 fully saturated rings. The summed E-state index contributed by atoms with van der Waals surface area (Å²) in [5, 5.41) is 7.71. The van der Waals surface area contributed by atoms with Crippen molar-refractivity contribution in [3.05, 3.63) is 16.4 Å². The van der Waals surface area contributed by atoms with Crippen molar-refractivity contribution in [3.8, 4) is 0 Å². The van der Waals surface area contributed by atoms with Crippen LogP contribution in [0.15, 0.2) is 0 Å². The fraction of sp³-hybridized carbons (Fsp3) is 0.643. The summed E-state index contributed by atoms with van der Waals surface area (Å²) in [5.74, 6) is -0.239. The number of nitrogens with one attached hydrogen (secondary N) is 1. The quantitative estimate of drug-likeness (QED) is 0.912. The van der Waals surface area contributed by atoms with E-state index in [1.54, 1.807) is 23.4 Å². The smallest absolute Gasteiger partial charge is 0.245 e. The Bertz CT molecular complexity index is 570. The van der Waals surface area contributed by atoms with E-state index in [1.807, 2.05) is 13.8 Å². The Balaban J connectivity index is 2.34. The molecule has 2 rings (SSSR count). The molecule has 1 aliphatic rings. The van der Waals surface area contributed by atoms with Gasteiger partial charge in [-0.25, -0.2) is 0 Å². The van der Waals surface area contributed by atoms with Gasteiger partial charge in [-0.1, -0.05) is 18.5 Å². The second-order valence-electron chi connectivity index (χ2n) is 5.25. The fourth-order valence-electron chi connectivity index (χ4n) is 2.52. The largest absolute Gasteiger partial charge is 0.343 e. The van der Waals surface area contributed by atoms with Gasteiger partial charge in [0, 0.05) is 6.54 Å².